The van der Waals surface area contributed by atoms with Crippen LogP contribution in [-0.2, 0) is 19.5 Å². The van der Waals surface area contributed by atoms with Crippen LogP contribution in [-0.4, -0.2) is 53.2 Å². The van der Waals surface area contributed by atoms with Gasteiger partial charge in [0.05, 0.1) is 18.1 Å². The molecule has 0 radical (unpaired) electrons. The minimum Gasteiger partial charge on any atom is -0.383 e. The minimum atomic E-state index is -3.59. The number of hydrogen-bond acceptors (Lipinski definition) is 4. The molecule has 0 amide bonds. The van der Waals surface area contributed by atoms with Crippen LogP contribution in [0, 0.1) is 0 Å². The topological polar surface area (TPSA) is 55.8 Å². The molecule has 0 fully saturated rings. The highest BCUT2D eigenvalue weighted by molar-refractivity contribution is 9.11. The minimum absolute atomic E-state index is 0.230. The molecule has 0 saturated carbocycles. The van der Waals surface area contributed by atoms with E-state index in [9.17, 15) is 8.42 Å². The van der Waals surface area contributed by atoms with Gasteiger partial charge < -0.3 is 9.47 Å². The zero-order valence-corrected chi connectivity index (χ0v) is 15.3. The van der Waals surface area contributed by atoms with Crippen molar-refractivity contribution in [3.63, 3.8) is 0 Å². The fourth-order valence-corrected chi connectivity index (χ4v) is 4.68. The normalized spacial score (nSPS) is 12.1. The van der Waals surface area contributed by atoms with Gasteiger partial charge in [0.2, 0.25) is 10.0 Å². The molecule has 114 valence electrons. The van der Waals surface area contributed by atoms with Crippen molar-refractivity contribution in [3.8, 4) is 0 Å². The Morgan fingerprint density at radius 3 is 2.10 bits per heavy atom. The van der Waals surface area contributed by atoms with Crippen LogP contribution in [0.2, 0.25) is 0 Å². The van der Waals surface area contributed by atoms with E-state index in [1.54, 1.807) is 18.2 Å². The Bertz CT molecular complexity index is 528. The number of benzene rings is 1. The summed E-state index contributed by atoms with van der Waals surface area (Å²) >= 11 is 6.59. The molecule has 0 aromatic heterocycles. The lowest BCUT2D eigenvalue weighted by Gasteiger charge is -2.22. The first-order valence-corrected chi connectivity index (χ1v) is 8.89. The van der Waals surface area contributed by atoms with Crippen molar-refractivity contribution < 1.29 is 17.9 Å². The van der Waals surface area contributed by atoms with Gasteiger partial charge in [-0.25, -0.2) is 8.42 Å². The highest BCUT2D eigenvalue weighted by Gasteiger charge is 2.26. The summed E-state index contributed by atoms with van der Waals surface area (Å²) in [6.07, 6.45) is 0. The monoisotopic (exact) mass is 429 g/mol. The maximum atomic E-state index is 12.6. The predicted molar refractivity (Wildman–Crippen MR) is 84.4 cm³/mol. The number of methoxy groups -OCH3 is 2. The molecule has 5 nitrogen and oxygen atoms in total. The third-order valence-corrected chi connectivity index (χ3v) is 5.97. The van der Waals surface area contributed by atoms with E-state index >= 15 is 0 Å². The average Bonchev–Trinajstić information content (AvgIpc) is 2.38. The first kappa shape index (κ1) is 18.1. The summed E-state index contributed by atoms with van der Waals surface area (Å²) in [7, 11) is -0.511. The molecule has 0 saturated heterocycles. The van der Waals surface area contributed by atoms with Crippen LogP contribution >= 0.6 is 31.9 Å². The van der Waals surface area contributed by atoms with Crippen molar-refractivity contribution >= 4 is 41.9 Å². The summed E-state index contributed by atoms with van der Waals surface area (Å²) in [5.41, 5.74) is 0. The van der Waals surface area contributed by atoms with Crippen LogP contribution in [0.25, 0.3) is 0 Å². The summed E-state index contributed by atoms with van der Waals surface area (Å²) in [5, 5.41) is 0. The Hall–Kier alpha value is 0.01000. The summed E-state index contributed by atoms with van der Waals surface area (Å²) in [6.45, 7) is 1.23. The van der Waals surface area contributed by atoms with E-state index in [2.05, 4.69) is 31.9 Å². The van der Waals surface area contributed by atoms with Gasteiger partial charge in [0.15, 0.2) is 0 Å². The maximum Gasteiger partial charge on any atom is 0.244 e. The Kier molecular flexibility index (Phi) is 7.63. The Labute approximate surface area is 136 Å². The van der Waals surface area contributed by atoms with Gasteiger partial charge in [-0.15, -0.1) is 0 Å². The molecule has 20 heavy (non-hydrogen) atoms. The van der Waals surface area contributed by atoms with Crippen molar-refractivity contribution in [2.24, 2.45) is 0 Å². The second-order valence-corrected chi connectivity index (χ2v) is 7.64. The molecule has 0 N–H and O–H groups in total. The van der Waals surface area contributed by atoms with Crippen LogP contribution in [0.3, 0.4) is 0 Å². The largest absolute Gasteiger partial charge is 0.383 e. The van der Waals surface area contributed by atoms with E-state index in [0.717, 1.165) is 4.47 Å². The van der Waals surface area contributed by atoms with Crippen LogP contribution in [0.15, 0.2) is 32.0 Å². The van der Waals surface area contributed by atoms with E-state index in [4.69, 9.17) is 9.47 Å². The second-order valence-electron chi connectivity index (χ2n) is 3.96. The molecule has 0 unspecified atom stereocenters. The maximum absolute atomic E-state index is 12.6. The first-order chi connectivity index (χ1) is 9.43. The van der Waals surface area contributed by atoms with Crippen LogP contribution in [0.5, 0.6) is 0 Å². The standard InChI is InChI=1S/C12H17Br2NO4S/c1-18-7-5-15(6-8-19-2)20(16,17)12-4-3-10(13)9-11(12)14/h3-4,9H,5-8H2,1-2H3. The van der Waals surface area contributed by atoms with E-state index in [-0.39, 0.29) is 18.0 Å². The zero-order chi connectivity index (χ0) is 15.2. The Balaban J connectivity index is 3.07. The third-order valence-electron chi connectivity index (χ3n) is 2.60. The van der Waals surface area contributed by atoms with Crippen molar-refractivity contribution in [1.82, 2.24) is 4.31 Å². The molecule has 0 spiro atoms. The van der Waals surface area contributed by atoms with Crippen LogP contribution < -0.4 is 0 Å². The second kappa shape index (κ2) is 8.45. The van der Waals surface area contributed by atoms with Crippen molar-refractivity contribution in [2.75, 3.05) is 40.5 Å². The van der Waals surface area contributed by atoms with Gasteiger partial charge in [-0.1, -0.05) is 15.9 Å². The van der Waals surface area contributed by atoms with Gasteiger partial charge in [0.1, 0.15) is 0 Å². The quantitative estimate of drug-likeness (QED) is 0.635. The van der Waals surface area contributed by atoms with Crippen LogP contribution in [0.4, 0.5) is 0 Å². The fraction of sp³-hybridized carbons (Fsp3) is 0.500. The van der Waals surface area contributed by atoms with Gasteiger partial charge in [-0.3, -0.25) is 0 Å². The molecule has 1 rings (SSSR count). The summed E-state index contributed by atoms with van der Waals surface area (Å²) < 4.78 is 37.9. The molecule has 8 heteroatoms. The lowest BCUT2D eigenvalue weighted by atomic mass is 10.4. The van der Waals surface area contributed by atoms with Crippen molar-refractivity contribution in [2.45, 2.75) is 4.90 Å². The first-order valence-electron chi connectivity index (χ1n) is 5.86. The molecule has 0 aliphatic rings. The van der Waals surface area contributed by atoms with Crippen LogP contribution in [0.1, 0.15) is 0 Å². The third kappa shape index (κ3) is 4.78. The highest BCUT2D eigenvalue weighted by atomic mass is 79.9. The van der Waals surface area contributed by atoms with Crippen molar-refractivity contribution in [3.05, 3.63) is 27.1 Å². The number of rotatable bonds is 8. The van der Waals surface area contributed by atoms with E-state index in [1.807, 2.05) is 0 Å². The molecule has 0 atom stereocenters. The molecule has 0 heterocycles. The number of halogens is 2. The molecule has 1 aromatic rings. The van der Waals surface area contributed by atoms with Crippen molar-refractivity contribution in [1.29, 1.82) is 0 Å². The lowest BCUT2D eigenvalue weighted by Crippen LogP contribution is -2.36. The Morgan fingerprint density at radius 1 is 1.10 bits per heavy atom. The van der Waals surface area contributed by atoms with Gasteiger partial charge in [0.25, 0.3) is 0 Å². The van der Waals surface area contributed by atoms with Gasteiger partial charge in [-0.05, 0) is 34.1 Å². The van der Waals surface area contributed by atoms with E-state index < -0.39 is 10.0 Å². The molecule has 0 bridgehead atoms. The number of nitrogens with zero attached hydrogens (tertiary/aromatic N) is 1. The SMILES string of the molecule is COCCN(CCOC)S(=O)(=O)c1ccc(Br)cc1Br. The smallest absolute Gasteiger partial charge is 0.244 e. The highest BCUT2D eigenvalue weighted by Crippen LogP contribution is 2.28. The number of sulfonamides is 1. The van der Waals surface area contributed by atoms with E-state index in [0.29, 0.717) is 17.7 Å². The number of ether oxygens (including phenoxy) is 2. The summed E-state index contributed by atoms with van der Waals surface area (Å²) in [5.74, 6) is 0. The molecule has 1 aromatic carbocycles. The van der Waals surface area contributed by atoms with Gasteiger partial charge in [-0.2, -0.15) is 4.31 Å². The molecule has 0 aliphatic heterocycles. The molecular weight excluding hydrogens is 414 g/mol. The van der Waals surface area contributed by atoms with E-state index in [1.165, 1.54) is 18.5 Å². The number of hydrogen-bond donors (Lipinski definition) is 0. The predicted octanol–water partition coefficient (Wildman–Crippen LogP) is 2.50. The average molecular weight is 431 g/mol. The lowest BCUT2D eigenvalue weighted by molar-refractivity contribution is 0.150. The summed E-state index contributed by atoms with van der Waals surface area (Å²) in [6, 6.07) is 4.97. The molecular formula is C12H17Br2NO4S. The fourth-order valence-electron chi connectivity index (χ4n) is 1.56. The molecule has 0 aliphatic carbocycles. The zero-order valence-electron chi connectivity index (χ0n) is 11.3. The van der Waals surface area contributed by atoms with Gasteiger partial charge in [0, 0.05) is 36.3 Å². The summed E-state index contributed by atoms with van der Waals surface area (Å²) in [4.78, 5) is 0.230. The van der Waals surface area contributed by atoms with Gasteiger partial charge >= 0.3 is 0 Å². The Morgan fingerprint density at radius 2 is 1.65 bits per heavy atom.